The summed E-state index contributed by atoms with van der Waals surface area (Å²) in [6.45, 7) is 1.49. The first-order valence-corrected chi connectivity index (χ1v) is 11.1. The largest absolute Gasteiger partial charge is 0.325 e. The molecule has 2 fully saturated rings. The smallest absolute Gasteiger partial charge is 0.319 e. The second-order valence-corrected chi connectivity index (χ2v) is 8.94. The lowest BCUT2D eigenvalue weighted by Gasteiger charge is -2.29. The SMILES string of the molecule is C[C@]1(c2ccc3ccccc3c2)NC(=O)N(CC(=O)N(C2=CCCCC2)C2CC2)C1=O. The van der Waals surface area contributed by atoms with Gasteiger partial charge in [-0.05, 0) is 67.9 Å². The predicted octanol–water partition coefficient (Wildman–Crippen LogP) is 4.06. The summed E-state index contributed by atoms with van der Waals surface area (Å²) in [7, 11) is 0. The van der Waals surface area contributed by atoms with Crippen LogP contribution >= 0.6 is 0 Å². The molecule has 2 aromatic rings. The average Bonchev–Trinajstić information content (AvgIpc) is 3.59. The van der Waals surface area contributed by atoms with Crippen molar-refractivity contribution in [1.82, 2.24) is 15.1 Å². The first kappa shape index (κ1) is 19.8. The molecule has 2 aliphatic carbocycles. The zero-order chi connectivity index (χ0) is 21.6. The topological polar surface area (TPSA) is 69.7 Å². The van der Waals surface area contributed by atoms with Crippen LogP contribution in [-0.2, 0) is 15.1 Å². The van der Waals surface area contributed by atoms with Crippen LogP contribution in [0.15, 0.2) is 54.2 Å². The highest BCUT2D eigenvalue weighted by molar-refractivity contribution is 6.09. The monoisotopic (exact) mass is 417 g/mol. The Bertz CT molecular complexity index is 1100. The normalized spacial score (nSPS) is 23.6. The van der Waals surface area contributed by atoms with Gasteiger partial charge >= 0.3 is 6.03 Å². The molecule has 1 saturated carbocycles. The summed E-state index contributed by atoms with van der Waals surface area (Å²) >= 11 is 0. The maximum absolute atomic E-state index is 13.4. The van der Waals surface area contributed by atoms with Crippen LogP contribution in [0.2, 0.25) is 0 Å². The number of carbonyl (C=O) groups is 3. The molecule has 160 valence electrons. The number of imide groups is 1. The Labute approximate surface area is 181 Å². The second-order valence-electron chi connectivity index (χ2n) is 8.94. The Balaban J connectivity index is 1.39. The van der Waals surface area contributed by atoms with Crippen molar-refractivity contribution in [3.8, 4) is 0 Å². The number of benzene rings is 2. The second kappa shape index (κ2) is 7.52. The fraction of sp³-hybridized carbons (Fsp3) is 0.400. The quantitative estimate of drug-likeness (QED) is 0.746. The number of nitrogens with one attached hydrogen (secondary N) is 1. The first-order chi connectivity index (χ1) is 15.0. The highest BCUT2D eigenvalue weighted by atomic mass is 16.2. The van der Waals surface area contributed by atoms with Crippen LogP contribution in [0.5, 0.6) is 0 Å². The molecule has 4 amide bonds. The van der Waals surface area contributed by atoms with Gasteiger partial charge in [0.2, 0.25) is 5.91 Å². The van der Waals surface area contributed by atoms with E-state index in [2.05, 4.69) is 11.4 Å². The Kier molecular flexibility index (Phi) is 4.80. The third-order valence-corrected chi connectivity index (χ3v) is 6.65. The van der Waals surface area contributed by atoms with E-state index in [4.69, 9.17) is 0 Å². The van der Waals surface area contributed by atoms with Crippen molar-refractivity contribution in [2.45, 2.75) is 57.0 Å². The summed E-state index contributed by atoms with van der Waals surface area (Å²) in [4.78, 5) is 42.3. The van der Waals surface area contributed by atoms with Crippen molar-refractivity contribution < 1.29 is 14.4 Å². The lowest BCUT2D eigenvalue weighted by Crippen LogP contribution is -2.45. The molecule has 0 unspecified atom stereocenters. The fourth-order valence-electron chi connectivity index (χ4n) is 4.72. The van der Waals surface area contributed by atoms with Crippen LogP contribution in [0.1, 0.15) is 51.0 Å². The van der Waals surface area contributed by atoms with Crippen molar-refractivity contribution in [2.75, 3.05) is 6.54 Å². The van der Waals surface area contributed by atoms with E-state index in [9.17, 15) is 14.4 Å². The van der Waals surface area contributed by atoms with Crippen molar-refractivity contribution in [3.63, 3.8) is 0 Å². The summed E-state index contributed by atoms with van der Waals surface area (Å²) in [5.74, 6) is -0.545. The van der Waals surface area contributed by atoms with E-state index in [1.54, 1.807) is 6.92 Å². The van der Waals surface area contributed by atoms with Crippen LogP contribution in [0.3, 0.4) is 0 Å². The molecule has 1 aliphatic heterocycles. The molecular weight excluding hydrogens is 390 g/mol. The molecule has 0 aromatic heterocycles. The van der Waals surface area contributed by atoms with Crippen molar-refractivity contribution in [2.24, 2.45) is 0 Å². The molecule has 3 aliphatic rings. The van der Waals surface area contributed by atoms with Gasteiger partial charge in [-0.2, -0.15) is 0 Å². The molecule has 6 nitrogen and oxygen atoms in total. The van der Waals surface area contributed by atoms with E-state index in [1.165, 1.54) is 0 Å². The van der Waals surface area contributed by atoms with Crippen molar-refractivity contribution in [3.05, 3.63) is 59.8 Å². The summed E-state index contributed by atoms with van der Waals surface area (Å²) < 4.78 is 0. The summed E-state index contributed by atoms with van der Waals surface area (Å²) in [5.41, 5.74) is 0.590. The fourth-order valence-corrected chi connectivity index (χ4v) is 4.72. The van der Waals surface area contributed by atoms with Gasteiger partial charge < -0.3 is 10.2 Å². The lowest BCUT2D eigenvalue weighted by atomic mass is 9.90. The average molecular weight is 418 g/mol. The van der Waals surface area contributed by atoms with Crippen molar-refractivity contribution >= 4 is 28.6 Å². The minimum atomic E-state index is -1.18. The van der Waals surface area contributed by atoms with Crippen molar-refractivity contribution in [1.29, 1.82) is 0 Å². The Morgan fingerprint density at radius 2 is 1.90 bits per heavy atom. The molecule has 6 heteroatoms. The van der Waals surface area contributed by atoms with E-state index in [1.807, 2.05) is 47.4 Å². The van der Waals surface area contributed by atoms with Gasteiger partial charge in [0, 0.05) is 11.7 Å². The van der Waals surface area contributed by atoms with Gasteiger partial charge in [-0.25, -0.2) is 4.79 Å². The standard InChI is InChI=1S/C25H27N3O3/c1-25(19-12-11-17-7-5-6-8-18(17)15-19)23(30)27(24(31)26-25)16-22(29)28(21-13-14-21)20-9-3-2-4-10-20/h5-9,11-12,15,21H,2-4,10,13-14,16H2,1H3,(H,26,31)/t25-/m1/s1. The number of fused-ring (bicyclic) bond motifs is 1. The maximum atomic E-state index is 13.4. The minimum absolute atomic E-state index is 0.165. The highest BCUT2D eigenvalue weighted by Gasteiger charge is 2.50. The molecule has 1 saturated heterocycles. The van der Waals surface area contributed by atoms with E-state index >= 15 is 0 Å². The lowest BCUT2D eigenvalue weighted by molar-refractivity contribution is -0.138. The highest BCUT2D eigenvalue weighted by Crippen LogP contribution is 2.35. The van der Waals surface area contributed by atoms with Crippen LogP contribution < -0.4 is 5.32 Å². The molecule has 2 aromatic carbocycles. The predicted molar refractivity (Wildman–Crippen MR) is 118 cm³/mol. The van der Waals surface area contributed by atoms with Crippen LogP contribution in [0.4, 0.5) is 4.79 Å². The molecule has 31 heavy (non-hydrogen) atoms. The number of amides is 4. The van der Waals surface area contributed by atoms with E-state index in [0.717, 1.165) is 59.9 Å². The molecular formula is C25H27N3O3. The molecule has 0 radical (unpaired) electrons. The van der Waals surface area contributed by atoms with Gasteiger partial charge in [0.15, 0.2) is 0 Å². The van der Waals surface area contributed by atoms with Gasteiger partial charge in [0.05, 0.1) is 0 Å². The molecule has 5 rings (SSSR count). The van der Waals surface area contributed by atoms with Gasteiger partial charge in [-0.15, -0.1) is 0 Å². The van der Waals surface area contributed by atoms with E-state index < -0.39 is 11.6 Å². The number of allylic oxidation sites excluding steroid dienone is 2. The summed E-state index contributed by atoms with van der Waals surface area (Å²) in [6.07, 6.45) is 8.20. The Morgan fingerprint density at radius 1 is 1.13 bits per heavy atom. The van der Waals surface area contributed by atoms with Crippen LogP contribution in [0, 0.1) is 0 Å². The number of nitrogens with zero attached hydrogens (tertiary/aromatic N) is 2. The zero-order valence-electron chi connectivity index (χ0n) is 17.8. The maximum Gasteiger partial charge on any atom is 0.325 e. The van der Waals surface area contributed by atoms with Gasteiger partial charge in [-0.1, -0.05) is 42.5 Å². The molecule has 1 N–H and O–H groups in total. The molecule has 0 bridgehead atoms. The number of hydrogen-bond donors (Lipinski definition) is 1. The van der Waals surface area contributed by atoms with Gasteiger partial charge in [0.1, 0.15) is 12.1 Å². The molecule has 1 heterocycles. The minimum Gasteiger partial charge on any atom is -0.319 e. The molecule has 1 atom stereocenters. The number of carbonyl (C=O) groups excluding carboxylic acids is 3. The van der Waals surface area contributed by atoms with E-state index in [-0.39, 0.29) is 24.4 Å². The van der Waals surface area contributed by atoms with Crippen LogP contribution in [-0.4, -0.2) is 40.2 Å². The third-order valence-electron chi connectivity index (χ3n) is 6.65. The van der Waals surface area contributed by atoms with Crippen LogP contribution in [0.25, 0.3) is 10.8 Å². The number of rotatable bonds is 5. The summed E-state index contributed by atoms with van der Waals surface area (Å²) in [6, 6.07) is 13.4. The van der Waals surface area contributed by atoms with Gasteiger partial charge in [0.25, 0.3) is 5.91 Å². The first-order valence-electron chi connectivity index (χ1n) is 11.1. The summed E-state index contributed by atoms with van der Waals surface area (Å²) in [5, 5.41) is 4.90. The zero-order valence-corrected chi connectivity index (χ0v) is 17.8. The Hall–Kier alpha value is -3.15. The molecule has 0 spiro atoms. The third kappa shape index (κ3) is 3.50. The van der Waals surface area contributed by atoms with E-state index in [0.29, 0.717) is 5.56 Å². The number of urea groups is 1. The Morgan fingerprint density at radius 3 is 2.61 bits per heavy atom. The van der Waals surface area contributed by atoms with Gasteiger partial charge in [-0.3, -0.25) is 14.5 Å². The number of hydrogen-bond acceptors (Lipinski definition) is 3.